The number of amides is 1. The zero-order chi connectivity index (χ0) is 18.5. The van der Waals surface area contributed by atoms with Crippen molar-refractivity contribution in [2.45, 2.75) is 13.5 Å². The summed E-state index contributed by atoms with van der Waals surface area (Å²) < 4.78 is 7.88. The van der Waals surface area contributed by atoms with Crippen LogP contribution in [0.15, 0.2) is 54.6 Å². The van der Waals surface area contributed by atoms with Gasteiger partial charge < -0.3 is 20.4 Å². The van der Waals surface area contributed by atoms with E-state index in [0.717, 1.165) is 5.56 Å². The zero-order valence-electron chi connectivity index (χ0n) is 14.3. The number of benzene rings is 2. The number of hydrogen-bond donors (Lipinski definition) is 2. The Bertz CT molecular complexity index is 964. The summed E-state index contributed by atoms with van der Waals surface area (Å²) in [7, 11) is 0. The molecule has 3 rings (SSSR count). The van der Waals surface area contributed by atoms with E-state index in [1.165, 1.54) is 11.3 Å². The van der Waals surface area contributed by atoms with Crippen LogP contribution in [0.2, 0.25) is 0 Å². The summed E-state index contributed by atoms with van der Waals surface area (Å²) in [5.41, 5.74) is 7.89. The number of ether oxygens (including phenoxy) is 1. The van der Waals surface area contributed by atoms with Gasteiger partial charge in [-0.2, -0.15) is 0 Å². The second-order valence-electron chi connectivity index (χ2n) is 5.54. The molecule has 26 heavy (non-hydrogen) atoms. The molecule has 134 valence electrons. The Labute approximate surface area is 161 Å². The minimum absolute atomic E-state index is 0.294. The third-order valence-electron chi connectivity index (χ3n) is 3.76. The van der Waals surface area contributed by atoms with Crippen LogP contribution in [0.5, 0.6) is 5.75 Å². The van der Waals surface area contributed by atoms with Gasteiger partial charge in [0.2, 0.25) is 0 Å². The predicted octanol–water partition coefficient (Wildman–Crippen LogP) is 4.56. The molecule has 0 atom stereocenters. The molecule has 7 heteroatoms. The molecule has 0 aliphatic rings. The molecule has 3 N–H and O–H groups in total. The Morgan fingerprint density at radius 2 is 1.88 bits per heavy atom. The molecule has 1 amide bonds. The van der Waals surface area contributed by atoms with Gasteiger partial charge >= 0.3 is 0 Å². The van der Waals surface area contributed by atoms with Crippen molar-refractivity contribution in [3.05, 3.63) is 69.0 Å². The maximum absolute atomic E-state index is 12.7. The summed E-state index contributed by atoms with van der Waals surface area (Å²) in [4.78, 5) is 13.1. The smallest absolute Gasteiger partial charge is 0.269 e. The van der Waals surface area contributed by atoms with Crippen LogP contribution in [0.25, 0.3) is 0 Å². The number of nitrogen functional groups attached to an aromatic ring is 1. The number of aromatic nitrogens is 1. The molecule has 0 saturated heterocycles. The zero-order valence-corrected chi connectivity index (χ0v) is 15.9. The summed E-state index contributed by atoms with van der Waals surface area (Å²) in [5, 5.41) is 2.86. The Morgan fingerprint density at radius 3 is 2.62 bits per heavy atom. The van der Waals surface area contributed by atoms with E-state index in [2.05, 4.69) is 5.32 Å². The fourth-order valence-corrected chi connectivity index (χ4v) is 3.74. The van der Waals surface area contributed by atoms with Crippen LogP contribution in [0.4, 0.5) is 11.5 Å². The predicted molar refractivity (Wildman–Crippen MR) is 109 cm³/mol. The van der Waals surface area contributed by atoms with Crippen molar-refractivity contribution in [2.75, 3.05) is 17.7 Å². The Hall–Kier alpha value is -2.64. The summed E-state index contributed by atoms with van der Waals surface area (Å²) in [6, 6.07) is 17.2. The average molecular weight is 386 g/mol. The summed E-state index contributed by atoms with van der Waals surface area (Å²) in [6.07, 6.45) is 0. The van der Waals surface area contributed by atoms with Crippen molar-refractivity contribution in [3.8, 4) is 5.75 Å². The van der Waals surface area contributed by atoms with Crippen molar-refractivity contribution < 1.29 is 9.53 Å². The molecule has 1 aromatic heterocycles. The largest absolute Gasteiger partial charge is 0.492 e. The molecule has 1 heterocycles. The molecule has 0 unspecified atom stereocenters. The number of thiazole rings is 1. The molecular weight excluding hydrogens is 366 g/mol. The number of carbonyl (C=O) groups is 1. The van der Waals surface area contributed by atoms with Crippen molar-refractivity contribution in [1.29, 1.82) is 0 Å². The maximum Gasteiger partial charge on any atom is 0.269 e. The molecule has 0 fully saturated rings. The lowest BCUT2D eigenvalue weighted by molar-refractivity contribution is 0.103. The maximum atomic E-state index is 12.7. The van der Waals surface area contributed by atoms with Crippen LogP contribution < -0.4 is 15.8 Å². The standard InChI is InChI=1S/C19H19N3O2S2/c1-2-24-15-11-7-6-10-14(15)21-18(23)16-17(20)22(19(25)26-16)12-13-8-4-3-5-9-13/h3-11H,2,12,20H2,1H3,(H,21,23). The van der Waals surface area contributed by atoms with E-state index < -0.39 is 0 Å². The summed E-state index contributed by atoms with van der Waals surface area (Å²) in [5.74, 6) is 0.696. The van der Waals surface area contributed by atoms with Crippen molar-refractivity contribution in [3.63, 3.8) is 0 Å². The van der Waals surface area contributed by atoms with E-state index in [-0.39, 0.29) is 5.91 Å². The van der Waals surface area contributed by atoms with Crippen LogP contribution in [-0.2, 0) is 6.54 Å². The van der Waals surface area contributed by atoms with E-state index >= 15 is 0 Å². The highest BCUT2D eigenvalue weighted by Crippen LogP contribution is 2.28. The Balaban J connectivity index is 1.85. The first kappa shape index (κ1) is 18.2. The van der Waals surface area contributed by atoms with Crippen LogP contribution >= 0.6 is 23.6 Å². The van der Waals surface area contributed by atoms with E-state index in [1.807, 2.05) is 55.5 Å². The van der Waals surface area contributed by atoms with Crippen molar-refractivity contribution >= 4 is 41.0 Å². The number of nitrogens with zero attached hydrogens (tertiary/aromatic N) is 1. The summed E-state index contributed by atoms with van der Waals surface area (Å²) in [6.45, 7) is 2.94. The van der Waals surface area contributed by atoms with Crippen molar-refractivity contribution in [2.24, 2.45) is 0 Å². The van der Waals surface area contributed by atoms with Gasteiger partial charge in [0.25, 0.3) is 5.91 Å². The van der Waals surface area contributed by atoms with E-state index in [0.29, 0.717) is 39.2 Å². The molecular formula is C19H19N3O2S2. The van der Waals surface area contributed by atoms with E-state index in [9.17, 15) is 4.79 Å². The first-order chi connectivity index (χ1) is 12.6. The first-order valence-electron chi connectivity index (χ1n) is 8.16. The number of hydrogen-bond acceptors (Lipinski definition) is 5. The highest BCUT2D eigenvalue weighted by molar-refractivity contribution is 7.73. The molecule has 0 saturated carbocycles. The van der Waals surface area contributed by atoms with Gasteiger partial charge in [-0.25, -0.2) is 0 Å². The SMILES string of the molecule is CCOc1ccccc1NC(=O)c1sc(=S)n(Cc2ccccc2)c1N. The third kappa shape index (κ3) is 3.95. The van der Waals surface area contributed by atoms with Gasteiger partial charge in [0.1, 0.15) is 16.4 Å². The number of nitrogens with two attached hydrogens (primary N) is 1. The number of carbonyl (C=O) groups excluding carboxylic acids is 1. The molecule has 0 bridgehead atoms. The lowest BCUT2D eigenvalue weighted by Crippen LogP contribution is -2.15. The molecule has 2 aromatic carbocycles. The quantitative estimate of drug-likeness (QED) is 0.610. The summed E-state index contributed by atoms with van der Waals surface area (Å²) >= 11 is 6.61. The topological polar surface area (TPSA) is 69.3 Å². The normalized spacial score (nSPS) is 10.5. The van der Waals surface area contributed by atoms with Gasteiger partial charge in [-0.1, -0.05) is 53.8 Å². The van der Waals surface area contributed by atoms with Gasteiger partial charge in [-0.3, -0.25) is 4.79 Å². The fourth-order valence-electron chi connectivity index (χ4n) is 2.52. The lowest BCUT2D eigenvalue weighted by atomic mass is 10.2. The van der Waals surface area contributed by atoms with Crippen LogP contribution in [0.3, 0.4) is 0 Å². The van der Waals surface area contributed by atoms with Gasteiger partial charge in [-0.15, -0.1) is 0 Å². The van der Waals surface area contributed by atoms with Gasteiger partial charge in [0.05, 0.1) is 18.8 Å². The van der Waals surface area contributed by atoms with Crippen LogP contribution in [0, 0.1) is 3.95 Å². The van der Waals surface area contributed by atoms with Gasteiger partial charge in [0, 0.05) is 0 Å². The third-order valence-corrected chi connectivity index (χ3v) is 5.22. The minimum atomic E-state index is -0.294. The average Bonchev–Trinajstić information content (AvgIpc) is 2.93. The lowest BCUT2D eigenvalue weighted by Gasteiger charge is -2.11. The highest BCUT2D eigenvalue weighted by atomic mass is 32.1. The second-order valence-corrected chi connectivity index (χ2v) is 7.18. The monoisotopic (exact) mass is 385 g/mol. The van der Waals surface area contributed by atoms with E-state index in [1.54, 1.807) is 10.6 Å². The number of para-hydroxylation sites is 2. The number of nitrogens with one attached hydrogen (secondary N) is 1. The minimum Gasteiger partial charge on any atom is -0.492 e. The number of anilines is 2. The second kappa shape index (κ2) is 8.16. The highest BCUT2D eigenvalue weighted by Gasteiger charge is 2.18. The van der Waals surface area contributed by atoms with Crippen LogP contribution in [0.1, 0.15) is 22.2 Å². The van der Waals surface area contributed by atoms with Gasteiger partial charge in [0.15, 0.2) is 3.95 Å². The van der Waals surface area contributed by atoms with Gasteiger partial charge in [-0.05, 0) is 36.8 Å². The first-order valence-corrected chi connectivity index (χ1v) is 9.38. The fraction of sp³-hybridized carbons (Fsp3) is 0.158. The molecule has 5 nitrogen and oxygen atoms in total. The molecule has 0 spiro atoms. The number of rotatable bonds is 6. The molecule has 0 radical (unpaired) electrons. The van der Waals surface area contributed by atoms with E-state index in [4.69, 9.17) is 22.7 Å². The Kier molecular flexibility index (Phi) is 5.70. The van der Waals surface area contributed by atoms with Crippen LogP contribution in [-0.4, -0.2) is 17.1 Å². The molecule has 0 aliphatic carbocycles. The molecule has 3 aromatic rings. The molecule has 0 aliphatic heterocycles. The van der Waals surface area contributed by atoms with Crippen molar-refractivity contribution in [1.82, 2.24) is 4.57 Å². The Morgan fingerprint density at radius 1 is 1.19 bits per heavy atom.